The molecule has 0 saturated carbocycles. The van der Waals surface area contributed by atoms with Crippen LogP contribution in [0.4, 0.5) is 10.5 Å². The maximum atomic E-state index is 12.2. The number of hydrogen-bond acceptors (Lipinski definition) is 3. The molecule has 0 bridgehead atoms. The Balaban J connectivity index is 1.57. The lowest BCUT2D eigenvalue weighted by molar-refractivity contribution is 0.249. The Hall–Kier alpha value is -1.85. The van der Waals surface area contributed by atoms with Gasteiger partial charge in [-0.1, -0.05) is 24.3 Å². The molecule has 1 aliphatic heterocycles. The van der Waals surface area contributed by atoms with E-state index in [0.29, 0.717) is 18.4 Å². The topological polar surface area (TPSA) is 44.4 Å². The fraction of sp³-hybridized carbons (Fsp3) is 0.389. The van der Waals surface area contributed by atoms with Crippen molar-refractivity contribution in [1.82, 2.24) is 10.2 Å². The summed E-state index contributed by atoms with van der Waals surface area (Å²) in [5.41, 5.74) is 1.93. The number of para-hydroxylation sites is 1. The van der Waals surface area contributed by atoms with Crippen LogP contribution in [-0.4, -0.2) is 37.6 Å². The molecule has 23 heavy (non-hydrogen) atoms. The Bertz CT molecular complexity index is 656. The molecule has 1 aromatic carbocycles. The highest BCUT2D eigenvalue weighted by Crippen LogP contribution is 2.34. The summed E-state index contributed by atoms with van der Waals surface area (Å²) in [5, 5.41) is 8.10. The molecule has 2 atom stereocenters. The minimum absolute atomic E-state index is 0.126. The normalized spacial score (nSPS) is 21.3. The van der Waals surface area contributed by atoms with E-state index in [1.807, 2.05) is 42.5 Å². The summed E-state index contributed by atoms with van der Waals surface area (Å²) in [5.74, 6) is 0.972. The first-order valence-corrected chi connectivity index (χ1v) is 8.84. The molecular formula is C18H23N3OS. The van der Waals surface area contributed by atoms with Crippen molar-refractivity contribution in [3.8, 4) is 0 Å². The predicted molar refractivity (Wildman–Crippen MR) is 96.2 cm³/mol. The average molecular weight is 329 g/mol. The summed E-state index contributed by atoms with van der Waals surface area (Å²) in [6.45, 7) is 4.78. The number of urea groups is 1. The molecule has 0 radical (unpaired) electrons. The quantitative estimate of drug-likeness (QED) is 0.901. The second-order valence-corrected chi connectivity index (χ2v) is 7.23. The molecule has 1 fully saturated rings. The SMILES string of the molecule is Cc1ccccc1NC(=O)NC[C@H]1CN(C)C[C@@H]1c1cccs1. The van der Waals surface area contributed by atoms with Crippen LogP contribution in [0.25, 0.3) is 0 Å². The van der Waals surface area contributed by atoms with Gasteiger partial charge in [-0.3, -0.25) is 0 Å². The number of anilines is 1. The molecule has 1 aromatic heterocycles. The van der Waals surface area contributed by atoms with E-state index in [4.69, 9.17) is 0 Å². The Labute approximate surface area is 141 Å². The zero-order valence-electron chi connectivity index (χ0n) is 13.6. The third-order valence-electron chi connectivity index (χ3n) is 4.45. The molecule has 4 nitrogen and oxygen atoms in total. The van der Waals surface area contributed by atoms with Crippen molar-refractivity contribution < 1.29 is 4.79 Å². The van der Waals surface area contributed by atoms with Gasteiger partial charge in [0, 0.05) is 36.1 Å². The van der Waals surface area contributed by atoms with Crippen molar-refractivity contribution in [3.05, 3.63) is 52.2 Å². The molecule has 0 unspecified atom stereocenters. The zero-order valence-corrected chi connectivity index (χ0v) is 14.4. The molecule has 1 saturated heterocycles. The summed E-state index contributed by atoms with van der Waals surface area (Å²) in [7, 11) is 2.15. The van der Waals surface area contributed by atoms with Gasteiger partial charge in [-0.25, -0.2) is 4.79 Å². The molecule has 2 amide bonds. The van der Waals surface area contributed by atoms with Crippen LogP contribution in [0, 0.1) is 12.8 Å². The summed E-state index contributed by atoms with van der Waals surface area (Å²) in [6.07, 6.45) is 0. The van der Waals surface area contributed by atoms with Gasteiger partial charge in [0.1, 0.15) is 0 Å². The zero-order chi connectivity index (χ0) is 16.2. The highest BCUT2D eigenvalue weighted by Gasteiger charge is 2.32. The lowest BCUT2D eigenvalue weighted by Gasteiger charge is -2.18. The Kier molecular flexibility index (Phi) is 4.98. The van der Waals surface area contributed by atoms with E-state index in [9.17, 15) is 4.79 Å². The number of carbonyl (C=O) groups is 1. The minimum Gasteiger partial charge on any atom is -0.338 e. The molecular weight excluding hydrogens is 306 g/mol. The van der Waals surface area contributed by atoms with E-state index in [1.165, 1.54) is 4.88 Å². The van der Waals surface area contributed by atoms with E-state index >= 15 is 0 Å². The third-order valence-corrected chi connectivity index (χ3v) is 5.45. The Morgan fingerprint density at radius 3 is 2.83 bits per heavy atom. The summed E-state index contributed by atoms with van der Waals surface area (Å²) in [6, 6.07) is 12.0. The molecule has 0 aliphatic carbocycles. The van der Waals surface area contributed by atoms with Crippen LogP contribution in [-0.2, 0) is 0 Å². The summed E-state index contributed by atoms with van der Waals surface area (Å²) in [4.78, 5) is 15.9. The van der Waals surface area contributed by atoms with E-state index in [1.54, 1.807) is 0 Å². The van der Waals surface area contributed by atoms with Gasteiger partial charge in [0.25, 0.3) is 0 Å². The fourth-order valence-electron chi connectivity index (χ4n) is 3.22. The van der Waals surface area contributed by atoms with Crippen molar-refractivity contribution in [3.63, 3.8) is 0 Å². The summed E-state index contributed by atoms with van der Waals surface area (Å²) >= 11 is 1.81. The van der Waals surface area contributed by atoms with E-state index < -0.39 is 0 Å². The smallest absolute Gasteiger partial charge is 0.319 e. The van der Waals surface area contributed by atoms with Crippen molar-refractivity contribution >= 4 is 23.1 Å². The van der Waals surface area contributed by atoms with Crippen LogP contribution >= 0.6 is 11.3 Å². The maximum absolute atomic E-state index is 12.2. The number of amides is 2. The van der Waals surface area contributed by atoms with Crippen molar-refractivity contribution in [2.24, 2.45) is 5.92 Å². The minimum atomic E-state index is -0.126. The van der Waals surface area contributed by atoms with Gasteiger partial charge < -0.3 is 15.5 Å². The molecule has 2 N–H and O–H groups in total. The van der Waals surface area contributed by atoms with Gasteiger partial charge in [0.15, 0.2) is 0 Å². The maximum Gasteiger partial charge on any atom is 0.319 e. The van der Waals surface area contributed by atoms with Crippen LogP contribution in [0.5, 0.6) is 0 Å². The number of rotatable bonds is 4. The first-order valence-electron chi connectivity index (χ1n) is 7.96. The average Bonchev–Trinajstić information content (AvgIpc) is 3.16. The lowest BCUT2D eigenvalue weighted by atomic mass is 9.94. The Morgan fingerprint density at radius 2 is 2.09 bits per heavy atom. The highest BCUT2D eigenvalue weighted by atomic mass is 32.1. The molecule has 122 valence electrons. The monoisotopic (exact) mass is 329 g/mol. The number of nitrogens with zero attached hydrogens (tertiary/aromatic N) is 1. The number of carbonyl (C=O) groups excluding carboxylic acids is 1. The number of benzene rings is 1. The van der Waals surface area contributed by atoms with Crippen LogP contribution in [0.2, 0.25) is 0 Å². The number of nitrogens with one attached hydrogen (secondary N) is 2. The van der Waals surface area contributed by atoms with Crippen LogP contribution < -0.4 is 10.6 Å². The van der Waals surface area contributed by atoms with Crippen molar-refractivity contribution in [1.29, 1.82) is 0 Å². The van der Waals surface area contributed by atoms with Crippen LogP contribution in [0.3, 0.4) is 0 Å². The van der Waals surface area contributed by atoms with Gasteiger partial charge in [-0.05, 0) is 43.0 Å². The largest absolute Gasteiger partial charge is 0.338 e. The Morgan fingerprint density at radius 1 is 1.26 bits per heavy atom. The van der Waals surface area contributed by atoms with E-state index in [0.717, 1.165) is 24.3 Å². The van der Waals surface area contributed by atoms with Gasteiger partial charge in [-0.15, -0.1) is 11.3 Å². The second-order valence-electron chi connectivity index (χ2n) is 6.25. The van der Waals surface area contributed by atoms with Gasteiger partial charge in [0.05, 0.1) is 0 Å². The van der Waals surface area contributed by atoms with Crippen LogP contribution in [0.15, 0.2) is 41.8 Å². The number of thiophene rings is 1. The van der Waals surface area contributed by atoms with E-state index in [2.05, 4.69) is 40.1 Å². The van der Waals surface area contributed by atoms with Gasteiger partial charge in [0.2, 0.25) is 0 Å². The molecule has 1 aliphatic rings. The highest BCUT2D eigenvalue weighted by molar-refractivity contribution is 7.10. The first kappa shape index (κ1) is 16.0. The number of hydrogen-bond donors (Lipinski definition) is 2. The lowest BCUT2D eigenvalue weighted by Crippen LogP contribution is -2.35. The van der Waals surface area contributed by atoms with Gasteiger partial charge >= 0.3 is 6.03 Å². The van der Waals surface area contributed by atoms with Crippen LogP contribution in [0.1, 0.15) is 16.4 Å². The molecule has 3 rings (SSSR count). The number of likely N-dealkylation sites (tertiary alicyclic amines) is 1. The molecule has 0 spiro atoms. The second kappa shape index (κ2) is 7.15. The van der Waals surface area contributed by atoms with Gasteiger partial charge in [-0.2, -0.15) is 0 Å². The first-order chi connectivity index (χ1) is 11.1. The standard InChI is InChI=1S/C18H23N3OS/c1-13-6-3-4-7-16(13)20-18(22)19-10-14-11-21(2)12-15(14)17-8-5-9-23-17/h3-9,14-15H,10-12H2,1-2H3,(H2,19,20,22)/t14-,15-/m0/s1. The van der Waals surface area contributed by atoms with Crippen molar-refractivity contribution in [2.45, 2.75) is 12.8 Å². The van der Waals surface area contributed by atoms with E-state index in [-0.39, 0.29) is 6.03 Å². The third kappa shape index (κ3) is 3.92. The molecule has 2 heterocycles. The summed E-state index contributed by atoms with van der Waals surface area (Å²) < 4.78 is 0. The fourth-order valence-corrected chi connectivity index (χ4v) is 4.13. The predicted octanol–water partition coefficient (Wildman–Crippen LogP) is 3.52. The molecule has 2 aromatic rings. The number of aryl methyl sites for hydroxylation is 1. The molecule has 5 heteroatoms. The van der Waals surface area contributed by atoms with Crippen molar-refractivity contribution in [2.75, 3.05) is 32.0 Å². The number of likely N-dealkylation sites (N-methyl/N-ethyl adjacent to an activating group) is 1.